The number of likely N-dealkylation sites (tertiary alicyclic amines) is 1. The summed E-state index contributed by atoms with van der Waals surface area (Å²) in [5.74, 6) is -0.914. The number of aliphatic carboxylic acids is 1. The van der Waals surface area contributed by atoms with Crippen molar-refractivity contribution in [2.45, 2.75) is 39.2 Å². The van der Waals surface area contributed by atoms with Crippen LogP contribution in [0.5, 0.6) is 0 Å². The lowest BCUT2D eigenvalue weighted by molar-refractivity contribution is -0.138. The average molecular weight is 285 g/mol. The lowest BCUT2D eigenvalue weighted by Crippen LogP contribution is -2.47. The number of carbonyl (C=O) groups is 3. The fourth-order valence-corrected chi connectivity index (χ4v) is 2.26. The van der Waals surface area contributed by atoms with E-state index in [1.165, 1.54) is 0 Å². The van der Waals surface area contributed by atoms with Gasteiger partial charge in [-0.3, -0.25) is 19.8 Å². The highest BCUT2D eigenvalue weighted by atomic mass is 16.4. The number of rotatable bonds is 5. The van der Waals surface area contributed by atoms with Crippen molar-refractivity contribution in [3.63, 3.8) is 0 Å². The van der Waals surface area contributed by atoms with Gasteiger partial charge in [0.15, 0.2) is 0 Å². The van der Waals surface area contributed by atoms with Crippen molar-refractivity contribution >= 4 is 17.9 Å². The Bertz CT molecular complexity index is 363. The van der Waals surface area contributed by atoms with E-state index in [-0.39, 0.29) is 30.8 Å². The van der Waals surface area contributed by atoms with Crippen molar-refractivity contribution in [2.75, 3.05) is 19.6 Å². The molecule has 1 aliphatic heterocycles. The number of piperidine rings is 1. The second-order valence-corrected chi connectivity index (χ2v) is 5.49. The van der Waals surface area contributed by atoms with E-state index in [1.54, 1.807) is 0 Å². The molecule has 0 unspecified atom stereocenters. The minimum atomic E-state index is -0.772. The smallest absolute Gasteiger partial charge is 0.321 e. The minimum absolute atomic E-state index is 0.0189. The van der Waals surface area contributed by atoms with Gasteiger partial charge in [-0.1, -0.05) is 0 Å². The van der Waals surface area contributed by atoms with Crippen molar-refractivity contribution in [2.24, 2.45) is 5.92 Å². The molecule has 114 valence electrons. The summed E-state index contributed by atoms with van der Waals surface area (Å²) < 4.78 is 0. The van der Waals surface area contributed by atoms with Gasteiger partial charge < -0.3 is 10.4 Å². The third-order valence-electron chi connectivity index (χ3n) is 3.21. The Balaban J connectivity index is 2.24. The molecule has 7 nitrogen and oxygen atoms in total. The predicted octanol–water partition coefficient (Wildman–Crippen LogP) is 0.407. The van der Waals surface area contributed by atoms with Crippen LogP contribution in [-0.2, 0) is 9.59 Å². The van der Waals surface area contributed by atoms with Crippen LogP contribution >= 0.6 is 0 Å². The zero-order valence-corrected chi connectivity index (χ0v) is 12.0. The van der Waals surface area contributed by atoms with Crippen LogP contribution in [0.1, 0.15) is 33.1 Å². The van der Waals surface area contributed by atoms with Crippen molar-refractivity contribution in [1.82, 2.24) is 15.5 Å². The summed E-state index contributed by atoms with van der Waals surface area (Å²) in [6.45, 7) is 5.19. The number of nitrogens with one attached hydrogen (secondary N) is 2. The SMILES string of the molecule is CC(C)NC(=O)NC(=O)CN1CCC(CC(=O)O)CC1. The molecule has 0 bridgehead atoms. The maximum Gasteiger partial charge on any atom is 0.321 e. The summed E-state index contributed by atoms with van der Waals surface area (Å²) in [4.78, 5) is 35.6. The molecule has 1 fully saturated rings. The number of carbonyl (C=O) groups excluding carboxylic acids is 2. The number of amides is 3. The van der Waals surface area contributed by atoms with Crippen LogP contribution in [0.15, 0.2) is 0 Å². The van der Waals surface area contributed by atoms with Gasteiger partial charge in [-0.05, 0) is 45.7 Å². The normalized spacial score (nSPS) is 16.9. The first-order valence-corrected chi connectivity index (χ1v) is 6.91. The summed E-state index contributed by atoms with van der Waals surface area (Å²) in [5, 5.41) is 13.6. The first-order valence-electron chi connectivity index (χ1n) is 6.91. The number of hydrogen-bond donors (Lipinski definition) is 3. The van der Waals surface area contributed by atoms with Gasteiger partial charge in [-0.25, -0.2) is 4.79 Å². The maximum absolute atomic E-state index is 11.7. The highest BCUT2D eigenvalue weighted by Crippen LogP contribution is 2.19. The van der Waals surface area contributed by atoms with Gasteiger partial charge in [0.1, 0.15) is 0 Å². The first kappa shape index (κ1) is 16.4. The van der Waals surface area contributed by atoms with Crippen LogP contribution in [0.4, 0.5) is 4.79 Å². The van der Waals surface area contributed by atoms with Crippen LogP contribution in [0.3, 0.4) is 0 Å². The second-order valence-electron chi connectivity index (χ2n) is 5.49. The van der Waals surface area contributed by atoms with Gasteiger partial charge in [0, 0.05) is 12.5 Å². The molecule has 0 aliphatic carbocycles. The Kier molecular flexibility index (Phi) is 6.44. The number of carboxylic acid groups (broad SMARTS) is 1. The standard InChI is InChI=1S/C13H23N3O4/c1-9(2)14-13(20)15-11(17)8-16-5-3-10(4-6-16)7-12(18)19/h9-10H,3-8H2,1-2H3,(H,18,19)(H2,14,15,17,20). The molecule has 0 saturated carbocycles. The molecule has 1 aliphatic rings. The monoisotopic (exact) mass is 285 g/mol. The summed E-state index contributed by atoms with van der Waals surface area (Å²) >= 11 is 0. The fourth-order valence-electron chi connectivity index (χ4n) is 2.26. The molecule has 0 spiro atoms. The molecule has 0 aromatic carbocycles. The highest BCUT2D eigenvalue weighted by molar-refractivity contribution is 5.95. The van der Waals surface area contributed by atoms with Crippen LogP contribution in [0.25, 0.3) is 0 Å². The molecule has 0 atom stereocenters. The van der Waals surface area contributed by atoms with E-state index < -0.39 is 12.0 Å². The molecular formula is C13H23N3O4. The zero-order chi connectivity index (χ0) is 15.1. The molecule has 1 rings (SSSR count). The van der Waals surface area contributed by atoms with Gasteiger partial charge in [0.05, 0.1) is 6.54 Å². The van der Waals surface area contributed by atoms with E-state index in [0.717, 1.165) is 12.8 Å². The van der Waals surface area contributed by atoms with Gasteiger partial charge in [-0.2, -0.15) is 0 Å². The van der Waals surface area contributed by atoms with Crippen LogP contribution in [0.2, 0.25) is 0 Å². The van der Waals surface area contributed by atoms with Crippen molar-refractivity contribution in [3.05, 3.63) is 0 Å². The molecule has 1 saturated heterocycles. The molecule has 3 N–H and O–H groups in total. The van der Waals surface area contributed by atoms with Gasteiger partial charge >= 0.3 is 12.0 Å². The van der Waals surface area contributed by atoms with E-state index in [9.17, 15) is 14.4 Å². The number of nitrogens with zero attached hydrogens (tertiary/aromatic N) is 1. The second kappa shape index (κ2) is 7.84. The lowest BCUT2D eigenvalue weighted by atomic mass is 9.94. The van der Waals surface area contributed by atoms with Gasteiger partial charge in [-0.15, -0.1) is 0 Å². The molecule has 1 heterocycles. The number of hydrogen-bond acceptors (Lipinski definition) is 4. The van der Waals surface area contributed by atoms with Crippen LogP contribution in [-0.4, -0.2) is 53.6 Å². The molecule has 0 aromatic rings. The van der Waals surface area contributed by atoms with E-state index in [2.05, 4.69) is 10.6 Å². The minimum Gasteiger partial charge on any atom is -0.481 e. The topological polar surface area (TPSA) is 98.7 Å². The lowest BCUT2D eigenvalue weighted by Gasteiger charge is -2.30. The van der Waals surface area contributed by atoms with Gasteiger partial charge in [0.25, 0.3) is 0 Å². The summed E-state index contributed by atoms with van der Waals surface area (Å²) in [7, 11) is 0. The molecule has 3 amide bonds. The van der Waals surface area contributed by atoms with E-state index in [4.69, 9.17) is 5.11 Å². The molecule has 7 heteroatoms. The molecule has 0 radical (unpaired) electrons. The first-order chi connectivity index (χ1) is 9.36. The molecule has 0 aromatic heterocycles. The van der Waals surface area contributed by atoms with E-state index in [0.29, 0.717) is 13.1 Å². The fraction of sp³-hybridized carbons (Fsp3) is 0.769. The van der Waals surface area contributed by atoms with E-state index in [1.807, 2.05) is 18.7 Å². The average Bonchev–Trinajstić information content (AvgIpc) is 2.29. The van der Waals surface area contributed by atoms with Crippen molar-refractivity contribution in [1.29, 1.82) is 0 Å². The Hall–Kier alpha value is -1.63. The maximum atomic E-state index is 11.7. The zero-order valence-electron chi connectivity index (χ0n) is 12.0. The largest absolute Gasteiger partial charge is 0.481 e. The Morgan fingerprint density at radius 1 is 1.25 bits per heavy atom. The molecule has 20 heavy (non-hydrogen) atoms. The third kappa shape index (κ3) is 6.51. The molecular weight excluding hydrogens is 262 g/mol. The Morgan fingerprint density at radius 3 is 2.35 bits per heavy atom. The number of imide groups is 1. The summed E-state index contributed by atoms with van der Waals surface area (Å²) in [6, 6.07) is -0.500. The summed E-state index contributed by atoms with van der Waals surface area (Å²) in [6.07, 6.45) is 1.74. The predicted molar refractivity (Wildman–Crippen MR) is 73.2 cm³/mol. The number of carboxylic acids is 1. The number of urea groups is 1. The Morgan fingerprint density at radius 2 is 1.85 bits per heavy atom. The highest BCUT2D eigenvalue weighted by Gasteiger charge is 2.23. The van der Waals surface area contributed by atoms with Crippen molar-refractivity contribution < 1.29 is 19.5 Å². The summed E-state index contributed by atoms with van der Waals surface area (Å²) in [5.41, 5.74) is 0. The van der Waals surface area contributed by atoms with Crippen molar-refractivity contribution in [3.8, 4) is 0 Å². The van der Waals surface area contributed by atoms with Gasteiger partial charge in [0.2, 0.25) is 5.91 Å². The third-order valence-corrected chi connectivity index (χ3v) is 3.21. The van der Waals surface area contributed by atoms with E-state index >= 15 is 0 Å². The quantitative estimate of drug-likeness (QED) is 0.679. The van der Waals surface area contributed by atoms with Crippen LogP contribution < -0.4 is 10.6 Å². The Labute approximate surface area is 118 Å². The van der Waals surface area contributed by atoms with Crippen LogP contribution in [0, 0.1) is 5.92 Å².